The summed E-state index contributed by atoms with van der Waals surface area (Å²) < 4.78 is 26.3. The second-order valence-electron chi connectivity index (χ2n) is 6.56. The van der Waals surface area contributed by atoms with E-state index in [1.807, 2.05) is 32.9 Å². The average Bonchev–Trinajstić information content (AvgIpc) is 2.56. The fourth-order valence-electron chi connectivity index (χ4n) is 2.81. The lowest BCUT2D eigenvalue weighted by atomic mass is 9.99. The third-order valence-corrected chi connectivity index (χ3v) is 5.61. The van der Waals surface area contributed by atoms with Gasteiger partial charge in [0.15, 0.2) is 0 Å². The first kappa shape index (κ1) is 20.0. The van der Waals surface area contributed by atoms with Crippen LogP contribution >= 0.6 is 0 Å². The number of hydrogen-bond acceptors (Lipinski definition) is 3. The van der Waals surface area contributed by atoms with Gasteiger partial charge in [-0.1, -0.05) is 36.8 Å². The SMILES string of the molecule is CCCS(=O)(=O)Nc1cccc(C(=O)NC(C)c2cc(C)ccc2C)c1. The summed E-state index contributed by atoms with van der Waals surface area (Å²) in [5.74, 6) is -0.192. The van der Waals surface area contributed by atoms with E-state index in [9.17, 15) is 13.2 Å². The number of rotatable bonds is 7. The molecule has 0 aromatic heterocycles. The van der Waals surface area contributed by atoms with Crippen LogP contribution in [-0.4, -0.2) is 20.1 Å². The fourth-order valence-corrected chi connectivity index (χ4v) is 3.93. The maximum absolute atomic E-state index is 12.6. The number of sulfonamides is 1. The number of carbonyl (C=O) groups is 1. The Morgan fingerprint density at radius 2 is 1.85 bits per heavy atom. The molecular weight excluding hydrogens is 348 g/mol. The predicted octanol–water partition coefficient (Wildman–Crippen LogP) is 3.95. The lowest BCUT2D eigenvalue weighted by Crippen LogP contribution is -2.27. The average molecular weight is 375 g/mol. The van der Waals surface area contributed by atoms with E-state index in [0.29, 0.717) is 17.7 Å². The Morgan fingerprint density at radius 1 is 1.12 bits per heavy atom. The van der Waals surface area contributed by atoms with Gasteiger partial charge >= 0.3 is 0 Å². The fraction of sp³-hybridized carbons (Fsp3) is 0.350. The molecule has 6 heteroatoms. The summed E-state index contributed by atoms with van der Waals surface area (Å²) in [6.07, 6.45) is 0.531. The number of anilines is 1. The number of nitrogens with one attached hydrogen (secondary N) is 2. The number of benzene rings is 2. The summed E-state index contributed by atoms with van der Waals surface area (Å²) in [4.78, 5) is 12.6. The zero-order valence-electron chi connectivity index (χ0n) is 15.7. The molecule has 0 saturated heterocycles. The molecule has 2 rings (SSSR count). The van der Waals surface area contributed by atoms with E-state index in [1.165, 1.54) is 0 Å². The monoisotopic (exact) mass is 374 g/mol. The van der Waals surface area contributed by atoms with Gasteiger partial charge in [-0.15, -0.1) is 0 Å². The number of amides is 1. The van der Waals surface area contributed by atoms with Gasteiger partial charge in [0.05, 0.1) is 11.8 Å². The van der Waals surface area contributed by atoms with Crippen molar-refractivity contribution in [3.63, 3.8) is 0 Å². The van der Waals surface area contributed by atoms with Crippen LogP contribution in [0.15, 0.2) is 42.5 Å². The molecule has 1 amide bonds. The van der Waals surface area contributed by atoms with Crippen molar-refractivity contribution in [1.29, 1.82) is 0 Å². The third-order valence-electron chi connectivity index (χ3n) is 4.12. The van der Waals surface area contributed by atoms with Crippen molar-refractivity contribution >= 4 is 21.6 Å². The summed E-state index contributed by atoms with van der Waals surface area (Å²) in [6.45, 7) is 7.77. The minimum Gasteiger partial charge on any atom is -0.346 e. The Bertz CT molecular complexity index is 892. The third kappa shape index (κ3) is 5.33. The van der Waals surface area contributed by atoms with E-state index in [2.05, 4.69) is 16.1 Å². The summed E-state index contributed by atoms with van der Waals surface area (Å²) >= 11 is 0. The van der Waals surface area contributed by atoms with Crippen LogP contribution in [0.4, 0.5) is 5.69 Å². The van der Waals surface area contributed by atoms with Crippen LogP contribution in [0.1, 0.15) is 53.4 Å². The van der Waals surface area contributed by atoms with Crippen molar-refractivity contribution in [3.05, 3.63) is 64.7 Å². The molecule has 26 heavy (non-hydrogen) atoms. The number of hydrogen-bond donors (Lipinski definition) is 2. The Kier molecular flexibility index (Phi) is 6.42. The summed E-state index contributed by atoms with van der Waals surface area (Å²) in [5, 5.41) is 2.98. The Labute approximate surface area is 155 Å². The molecule has 0 saturated carbocycles. The van der Waals surface area contributed by atoms with Gasteiger partial charge in [-0.05, 0) is 56.5 Å². The van der Waals surface area contributed by atoms with E-state index in [4.69, 9.17) is 0 Å². The molecule has 0 heterocycles. The van der Waals surface area contributed by atoms with E-state index < -0.39 is 10.0 Å². The first-order valence-electron chi connectivity index (χ1n) is 8.70. The van der Waals surface area contributed by atoms with Gasteiger partial charge < -0.3 is 5.32 Å². The van der Waals surface area contributed by atoms with Crippen molar-refractivity contribution < 1.29 is 13.2 Å². The second-order valence-corrected chi connectivity index (χ2v) is 8.40. The van der Waals surface area contributed by atoms with Crippen molar-refractivity contribution in [2.75, 3.05) is 10.5 Å². The predicted molar refractivity (Wildman–Crippen MR) is 106 cm³/mol. The van der Waals surface area contributed by atoms with Crippen molar-refractivity contribution in [1.82, 2.24) is 5.32 Å². The Morgan fingerprint density at radius 3 is 2.54 bits per heavy atom. The largest absolute Gasteiger partial charge is 0.346 e. The summed E-state index contributed by atoms with van der Waals surface area (Å²) in [6, 6.07) is 12.5. The molecule has 0 aliphatic rings. The normalized spacial score (nSPS) is 12.5. The highest BCUT2D eigenvalue weighted by Gasteiger charge is 2.15. The molecule has 0 aliphatic carbocycles. The van der Waals surface area contributed by atoms with Crippen molar-refractivity contribution in [2.24, 2.45) is 0 Å². The molecule has 5 nitrogen and oxygen atoms in total. The lowest BCUT2D eigenvalue weighted by Gasteiger charge is -2.18. The molecule has 2 aromatic carbocycles. The maximum Gasteiger partial charge on any atom is 0.251 e. The van der Waals surface area contributed by atoms with Gasteiger partial charge in [0.2, 0.25) is 10.0 Å². The quantitative estimate of drug-likeness (QED) is 0.771. The van der Waals surface area contributed by atoms with E-state index >= 15 is 0 Å². The zero-order valence-corrected chi connectivity index (χ0v) is 16.5. The van der Waals surface area contributed by atoms with Gasteiger partial charge in [0, 0.05) is 11.3 Å². The highest BCUT2D eigenvalue weighted by atomic mass is 32.2. The van der Waals surface area contributed by atoms with Crippen molar-refractivity contribution in [3.8, 4) is 0 Å². The Hall–Kier alpha value is -2.34. The number of aryl methyl sites for hydroxylation is 2. The molecule has 0 radical (unpaired) electrons. The highest BCUT2D eigenvalue weighted by molar-refractivity contribution is 7.92. The van der Waals surface area contributed by atoms with Crippen LogP contribution in [0.25, 0.3) is 0 Å². The number of carbonyl (C=O) groups excluding carboxylic acids is 1. The molecular formula is C20H26N2O3S. The summed E-state index contributed by atoms with van der Waals surface area (Å²) in [7, 11) is -3.39. The van der Waals surface area contributed by atoms with Crippen LogP contribution in [0.2, 0.25) is 0 Å². The first-order valence-corrected chi connectivity index (χ1v) is 10.4. The van der Waals surface area contributed by atoms with Crippen LogP contribution in [-0.2, 0) is 10.0 Å². The van der Waals surface area contributed by atoms with E-state index in [1.54, 1.807) is 31.2 Å². The van der Waals surface area contributed by atoms with E-state index in [0.717, 1.165) is 16.7 Å². The maximum atomic E-state index is 12.6. The molecule has 2 aromatic rings. The molecule has 1 unspecified atom stereocenters. The van der Waals surface area contributed by atoms with Gasteiger partial charge in [-0.3, -0.25) is 9.52 Å². The molecule has 140 valence electrons. The second kappa shape index (κ2) is 8.36. The smallest absolute Gasteiger partial charge is 0.251 e. The van der Waals surface area contributed by atoms with Crippen molar-refractivity contribution in [2.45, 2.75) is 40.2 Å². The highest BCUT2D eigenvalue weighted by Crippen LogP contribution is 2.20. The minimum atomic E-state index is -3.39. The first-order chi connectivity index (χ1) is 12.2. The topological polar surface area (TPSA) is 75.3 Å². The standard InChI is InChI=1S/C20H26N2O3S/c1-5-11-26(24,25)22-18-8-6-7-17(13-18)20(23)21-16(4)19-12-14(2)9-10-15(19)3/h6-10,12-13,16,22H,5,11H2,1-4H3,(H,21,23). The molecule has 0 bridgehead atoms. The molecule has 2 N–H and O–H groups in total. The van der Waals surface area contributed by atoms with Gasteiger partial charge in [-0.25, -0.2) is 8.42 Å². The van der Waals surface area contributed by atoms with Crippen LogP contribution in [0.3, 0.4) is 0 Å². The van der Waals surface area contributed by atoms with Crippen LogP contribution < -0.4 is 10.0 Å². The summed E-state index contributed by atoms with van der Waals surface area (Å²) in [5.41, 5.74) is 4.13. The molecule has 1 atom stereocenters. The minimum absolute atomic E-state index is 0.0487. The van der Waals surface area contributed by atoms with Crippen LogP contribution in [0, 0.1) is 13.8 Å². The lowest BCUT2D eigenvalue weighted by molar-refractivity contribution is 0.0940. The molecule has 0 fully saturated rings. The Balaban J connectivity index is 2.15. The van der Waals surface area contributed by atoms with Gasteiger partial charge in [0.25, 0.3) is 5.91 Å². The molecule has 0 aliphatic heterocycles. The van der Waals surface area contributed by atoms with Gasteiger partial charge in [-0.2, -0.15) is 0 Å². The molecule has 0 spiro atoms. The van der Waals surface area contributed by atoms with Crippen LogP contribution in [0.5, 0.6) is 0 Å². The van der Waals surface area contributed by atoms with Gasteiger partial charge in [0.1, 0.15) is 0 Å². The van der Waals surface area contributed by atoms with E-state index in [-0.39, 0.29) is 17.7 Å². The zero-order chi connectivity index (χ0) is 19.3.